The lowest BCUT2D eigenvalue weighted by Gasteiger charge is -2.27. The highest BCUT2D eigenvalue weighted by atomic mass is 31.2. The number of nitrogens with two attached hydrogens (primary N) is 1. The van der Waals surface area contributed by atoms with Crippen LogP contribution in [0.25, 0.3) is 0 Å². The maximum absolute atomic E-state index is 13.3. The molecule has 38 heavy (non-hydrogen) atoms. The zero-order chi connectivity index (χ0) is 28.5. The number of carbonyl (C=O) groups is 3. The topological polar surface area (TPSA) is 165 Å². The van der Waals surface area contributed by atoms with E-state index in [1.54, 1.807) is 42.5 Å². The first kappa shape index (κ1) is 31.2. The number of esters is 1. The number of hydrogen-bond donors (Lipinski definition) is 4. The fourth-order valence-corrected chi connectivity index (χ4v) is 5.46. The number of aliphatic carboxylic acids is 1. The largest absolute Gasteiger partial charge is 0.479 e. The van der Waals surface area contributed by atoms with Gasteiger partial charge in [0, 0.05) is 13.0 Å². The molecule has 208 valence electrons. The lowest BCUT2D eigenvalue weighted by Crippen LogP contribution is -2.35. The van der Waals surface area contributed by atoms with Crippen LogP contribution in [0.3, 0.4) is 0 Å². The third-order valence-corrected chi connectivity index (χ3v) is 7.58. The predicted octanol–water partition coefficient (Wildman–Crippen LogP) is 3.77. The molecule has 2 rings (SSSR count). The molecule has 0 aromatic heterocycles. The summed E-state index contributed by atoms with van der Waals surface area (Å²) in [6, 6.07) is 14.9. The van der Waals surface area contributed by atoms with Crippen molar-refractivity contribution in [2.45, 2.75) is 59.0 Å². The fraction of sp³-hybridized carbons (Fsp3) is 0.444. The van der Waals surface area contributed by atoms with Crippen LogP contribution in [0.2, 0.25) is 0 Å². The summed E-state index contributed by atoms with van der Waals surface area (Å²) in [6.45, 7) is 7.14. The van der Waals surface area contributed by atoms with E-state index in [1.165, 1.54) is 19.1 Å². The minimum absolute atomic E-state index is 0.0751. The maximum atomic E-state index is 13.3. The monoisotopic (exact) mass is 548 g/mol. The number of benzene rings is 2. The number of hydrogen-bond acceptors (Lipinski definition) is 7. The van der Waals surface area contributed by atoms with Crippen molar-refractivity contribution < 1.29 is 38.2 Å². The number of carboxylic acid groups (broad SMARTS) is 1. The predicted molar refractivity (Wildman–Crippen MR) is 142 cm³/mol. The van der Waals surface area contributed by atoms with Gasteiger partial charge in [0.25, 0.3) is 0 Å². The molecule has 2 aromatic rings. The molecule has 0 aliphatic rings. The van der Waals surface area contributed by atoms with Crippen molar-refractivity contribution in [1.82, 2.24) is 5.32 Å². The van der Waals surface area contributed by atoms with Crippen molar-refractivity contribution in [2.24, 2.45) is 17.1 Å². The van der Waals surface area contributed by atoms with Crippen molar-refractivity contribution in [2.75, 3.05) is 6.54 Å². The maximum Gasteiger partial charge on any atom is 0.343 e. The number of rotatable bonds is 13. The third-order valence-electron chi connectivity index (χ3n) is 5.64. The number of ether oxygens (including phenoxy) is 1. The van der Waals surface area contributed by atoms with E-state index in [-0.39, 0.29) is 36.6 Å². The van der Waals surface area contributed by atoms with Crippen LogP contribution in [0.5, 0.6) is 0 Å². The number of nitrogens with one attached hydrogen (secondary N) is 1. The summed E-state index contributed by atoms with van der Waals surface area (Å²) < 4.78 is 23.9. The molecule has 0 spiro atoms. The number of carbonyl (C=O) groups excluding carboxylic acids is 2. The molecule has 0 heterocycles. The molecule has 4 unspecified atom stereocenters. The van der Waals surface area contributed by atoms with Crippen LogP contribution in [-0.4, -0.2) is 40.0 Å². The van der Waals surface area contributed by atoms with Gasteiger partial charge in [-0.25, -0.2) is 4.79 Å². The van der Waals surface area contributed by atoms with Crippen LogP contribution in [0.4, 0.5) is 0 Å². The first-order chi connectivity index (χ1) is 17.7. The summed E-state index contributed by atoms with van der Waals surface area (Å²) in [5, 5.41) is 12.6. The van der Waals surface area contributed by atoms with Crippen LogP contribution >= 0.6 is 7.60 Å². The Hall–Kier alpha value is -3.04. The van der Waals surface area contributed by atoms with Gasteiger partial charge in [0.15, 0.2) is 11.8 Å². The highest BCUT2D eigenvalue weighted by Gasteiger charge is 2.46. The standard InChI is InChI=1S/C27H37N2O8P/c1-18(15-28)24(26(33)36-17-19-9-6-5-7-10-19)38(34,35)37-23(25(31)32)21-12-8-11-20(13-21)16-29-22(30)14-27(2,3)4/h5-13,18,23-24H,14-17,28H2,1-4H3,(H,29,30)(H,31,32)(H,34,35). The molecule has 4 atom stereocenters. The van der Waals surface area contributed by atoms with Gasteiger partial charge in [-0.2, -0.15) is 0 Å². The Bertz CT molecular complexity index is 1150. The average Bonchev–Trinajstić information content (AvgIpc) is 2.84. The molecule has 5 N–H and O–H groups in total. The van der Waals surface area contributed by atoms with Crippen LogP contribution < -0.4 is 11.1 Å². The molecule has 10 nitrogen and oxygen atoms in total. The van der Waals surface area contributed by atoms with E-state index < -0.39 is 37.2 Å². The Balaban J connectivity index is 2.21. The van der Waals surface area contributed by atoms with Crippen molar-refractivity contribution in [3.63, 3.8) is 0 Å². The summed E-state index contributed by atoms with van der Waals surface area (Å²) in [6.07, 6.45) is -1.55. The molecule has 2 aromatic carbocycles. The fourth-order valence-electron chi connectivity index (χ4n) is 3.71. The second-order valence-electron chi connectivity index (χ2n) is 10.4. The second-order valence-corrected chi connectivity index (χ2v) is 12.3. The Morgan fingerprint density at radius 2 is 1.68 bits per heavy atom. The molecule has 0 bridgehead atoms. The van der Waals surface area contributed by atoms with Crippen molar-refractivity contribution in [3.8, 4) is 0 Å². The van der Waals surface area contributed by atoms with Gasteiger partial charge in [-0.05, 0) is 34.6 Å². The molecule has 11 heteroatoms. The van der Waals surface area contributed by atoms with Gasteiger partial charge in [0.2, 0.25) is 5.91 Å². The van der Waals surface area contributed by atoms with Gasteiger partial charge in [-0.3, -0.25) is 18.7 Å². The van der Waals surface area contributed by atoms with E-state index >= 15 is 0 Å². The van der Waals surface area contributed by atoms with E-state index in [2.05, 4.69) is 5.32 Å². The number of amides is 1. The normalized spacial score (nSPS) is 15.5. The smallest absolute Gasteiger partial charge is 0.343 e. The van der Waals surface area contributed by atoms with E-state index in [0.29, 0.717) is 17.5 Å². The third kappa shape index (κ3) is 9.68. The highest BCUT2D eigenvalue weighted by Crippen LogP contribution is 2.54. The van der Waals surface area contributed by atoms with Gasteiger partial charge in [-0.15, -0.1) is 0 Å². The van der Waals surface area contributed by atoms with Gasteiger partial charge in [0.1, 0.15) is 6.61 Å². The summed E-state index contributed by atoms with van der Waals surface area (Å²) in [5.41, 5.74) is 5.11. The molecular weight excluding hydrogens is 511 g/mol. The molecule has 0 saturated carbocycles. The summed E-state index contributed by atoms with van der Waals surface area (Å²) >= 11 is 0. The Morgan fingerprint density at radius 3 is 2.26 bits per heavy atom. The van der Waals surface area contributed by atoms with E-state index in [9.17, 15) is 28.9 Å². The van der Waals surface area contributed by atoms with Gasteiger partial charge < -0.3 is 25.8 Å². The SMILES string of the molecule is CC(CN)C(C(=O)OCc1ccccc1)P(=O)(O)OC(C(=O)O)c1cccc(CNC(=O)CC(C)(C)C)c1. The Labute approximate surface area is 223 Å². The molecule has 1 amide bonds. The lowest BCUT2D eigenvalue weighted by molar-refractivity contribution is -0.148. The quantitative estimate of drug-likeness (QED) is 0.215. The molecule has 0 saturated heterocycles. The lowest BCUT2D eigenvalue weighted by atomic mass is 9.92. The first-order valence-corrected chi connectivity index (χ1v) is 13.9. The van der Waals surface area contributed by atoms with Crippen LogP contribution in [0, 0.1) is 11.3 Å². The molecule has 0 aliphatic heterocycles. The van der Waals surface area contributed by atoms with E-state index in [4.69, 9.17) is 15.0 Å². The highest BCUT2D eigenvalue weighted by molar-refractivity contribution is 7.54. The second kappa shape index (κ2) is 13.7. The summed E-state index contributed by atoms with van der Waals surface area (Å²) in [5.74, 6) is -3.54. The Morgan fingerprint density at radius 1 is 1.05 bits per heavy atom. The zero-order valence-corrected chi connectivity index (χ0v) is 23.0. The van der Waals surface area contributed by atoms with Crippen LogP contribution in [-0.2, 0) is 41.4 Å². The minimum Gasteiger partial charge on any atom is -0.479 e. The molecule has 0 radical (unpaired) electrons. The van der Waals surface area contributed by atoms with E-state index in [1.807, 2.05) is 20.8 Å². The first-order valence-electron chi connectivity index (χ1n) is 12.2. The van der Waals surface area contributed by atoms with Crippen molar-refractivity contribution in [1.29, 1.82) is 0 Å². The average molecular weight is 549 g/mol. The zero-order valence-electron chi connectivity index (χ0n) is 22.1. The van der Waals surface area contributed by atoms with Crippen LogP contribution in [0.1, 0.15) is 56.9 Å². The van der Waals surface area contributed by atoms with Crippen LogP contribution in [0.15, 0.2) is 54.6 Å². The van der Waals surface area contributed by atoms with Crippen molar-refractivity contribution in [3.05, 3.63) is 71.3 Å². The summed E-state index contributed by atoms with van der Waals surface area (Å²) in [4.78, 5) is 48.0. The minimum atomic E-state index is -4.90. The van der Waals surface area contributed by atoms with E-state index in [0.717, 1.165) is 0 Å². The van der Waals surface area contributed by atoms with Gasteiger partial charge in [0.05, 0.1) is 0 Å². The Kier molecular flexibility index (Phi) is 11.2. The molecule has 0 aliphatic carbocycles. The molecular formula is C27H37N2O8P. The van der Waals surface area contributed by atoms with Crippen molar-refractivity contribution >= 4 is 25.4 Å². The molecule has 0 fully saturated rings. The summed E-state index contributed by atoms with van der Waals surface area (Å²) in [7, 11) is -4.90. The number of carboxylic acids is 1. The van der Waals surface area contributed by atoms with Gasteiger partial charge in [-0.1, -0.05) is 82.3 Å². The van der Waals surface area contributed by atoms with Gasteiger partial charge >= 0.3 is 19.5 Å².